The van der Waals surface area contributed by atoms with E-state index in [1.54, 1.807) is 0 Å². The summed E-state index contributed by atoms with van der Waals surface area (Å²) in [5.41, 5.74) is 1.09. The van der Waals surface area contributed by atoms with Gasteiger partial charge in [-0.2, -0.15) is 0 Å². The number of nitrogens with zero attached hydrogens (tertiary/aromatic N) is 3. The van der Waals surface area contributed by atoms with Crippen LogP contribution >= 0.6 is 0 Å². The molecule has 1 fully saturated rings. The molecule has 1 aliphatic carbocycles. The highest BCUT2D eigenvalue weighted by Gasteiger charge is 2.21. The van der Waals surface area contributed by atoms with E-state index >= 15 is 0 Å². The van der Waals surface area contributed by atoms with E-state index < -0.39 is 0 Å². The minimum Gasteiger partial charge on any atom is -0.379 e. The zero-order chi connectivity index (χ0) is 14.7. The standard InChI is InChI=1S/C17H24N4/c1-13(15-7-4-3-5-8-15)20-16-9-6-10-19-17(16)21-12-11-18-14(21)2/h6,9-13,15,20H,3-5,7-8H2,1-2H3. The minimum atomic E-state index is 0.483. The van der Waals surface area contributed by atoms with Gasteiger partial charge in [-0.3, -0.25) is 4.57 Å². The predicted molar refractivity (Wildman–Crippen MR) is 85.8 cm³/mol. The number of aryl methyl sites for hydroxylation is 1. The Bertz CT molecular complexity index is 584. The van der Waals surface area contributed by atoms with Crippen LogP contribution in [0.25, 0.3) is 5.82 Å². The molecule has 2 aromatic heterocycles. The summed E-state index contributed by atoms with van der Waals surface area (Å²) < 4.78 is 2.04. The maximum Gasteiger partial charge on any atom is 0.161 e. The molecule has 112 valence electrons. The molecule has 0 spiro atoms. The fourth-order valence-corrected chi connectivity index (χ4v) is 3.30. The van der Waals surface area contributed by atoms with Gasteiger partial charge >= 0.3 is 0 Å². The lowest BCUT2D eigenvalue weighted by Gasteiger charge is -2.29. The molecule has 0 bridgehead atoms. The molecule has 0 aliphatic heterocycles. The van der Waals surface area contributed by atoms with Crippen LogP contribution in [0.5, 0.6) is 0 Å². The molecule has 4 heteroatoms. The Morgan fingerprint density at radius 2 is 2.00 bits per heavy atom. The fraction of sp³-hybridized carbons (Fsp3) is 0.529. The summed E-state index contributed by atoms with van der Waals surface area (Å²) >= 11 is 0. The lowest BCUT2D eigenvalue weighted by Crippen LogP contribution is -2.28. The van der Waals surface area contributed by atoms with Gasteiger partial charge in [0.05, 0.1) is 5.69 Å². The summed E-state index contributed by atoms with van der Waals surface area (Å²) in [4.78, 5) is 8.84. The first-order chi connectivity index (χ1) is 10.3. The van der Waals surface area contributed by atoms with Gasteiger partial charge in [-0.15, -0.1) is 0 Å². The van der Waals surface area contributed by atoms with Crippen molar-refractivity contribution in [3.8, 4) is 5.82 Å². The maximum absolute atomic E-state index is 4.54. The molecule has 2 aromatic rings. The Morgan fingerprint density at radius 3 is 2.71 bits per heavy atom. The molecule has 3 rings (SSSR count). The highest BCUT2D eigenvalue weighted by atomic mass is 15.1. The molecule has 1 N–H and O–H groups in total. The summed E-state index contributed by atoms with van der Waals surface area (Å²) in [6, 6.07) is 4.59. The molecular formula is C17H24N4. The van der Waals surface area contributed by atoms with E-state index in [9.17, 15) is 0 Å². The predicted octanol–water partition coefficient (Wildman–Crippen LogP) is 3.96. The number of nitrogens with one attached hydrogen (secondary N) is 1. The summed E-state index contributed by atoms with van der Waals surface area (Å²) in [7, 11) is 0. The average molecular weight is 284 g/mol. The van der Waals surface area contributed by atoms with Crippen molar-refractivity contribution in [3.63, 3.8) is 0 Å². The molecule has 0 radical (unpaired) electrons. The molecule has 21 heavy (non-hydrogen) atoms. The Labute approximate surface area is 126 Å². The average Bonchev–Trinajstić information content (AvgIpc) is 2.95. The highest BCUT2D eigenvalue weighted by molar-refractivity contribution is 5.57. The lowest BCUT2D eigenvalue weighted by molar-refractivity contribution is 0.328. The molecule has 1 aliphatic rings. The molecule has 4 nitrogen and oxygen atoms in total. The maximum atomic E-state index is 4.54. The highest BCUT2D eigenvalue weighted by Crippen LogP contribution is 2.29. The zero-order valence-corrected chi connectivity index (χ0v) is 12.9. The van der Waals surface area contributed by atoms with Crippen LogP contribution in [-0.4, -0.2) is 20.6 Å². The van der Waals surface area contributed by atoms with Crippen molar-refractivity contribution < 1.29 is 0 Å². The van der Waals surface area contributed by atoms with Crippen LogP contribution in [0.3, 0.4) is 0 Å². The van der Waals surface area contributed by atoms with E-state index in [0.29, 0.717) is 6.04 Å². The topological polar surface area (TPSA) is 42.7 Å². The Balaban J connectivity index is 1.81. The van der Waals surface area contributed by atoms with Crippen LogP contribution in [0.1, 0.15) is 44.9 Å². The number of imidazole rings is 1. The van der Waals surface area contributed by atoms with Gasteiger partial charge in [0.1, 0.15) is 5.82 Å². The zero-order valence-electron chi connectivity index (χ0n) is 12.9. The van der Waals surface area contributed by atoms with Gasteiger partial charge in [0.2, 0.25) is 0 Å². The molecule has 0 amide bonds. The van der Waals surface area contributed by atoms with E-state index in [1.165, 1.54) is 32.1 Å². The number of anilines is 1. The van der Waals surface area contributed by atoms with Gasteiger partial charge < -0.3 is 5.32 Å². The van der Waals surface area contributed by atoms with Crippen LogP contribution in [-0.2, 0) is 0 Å². The fourth-order valence-electron chi connectivity index (χ4n) is 3.30. The van der Waals surface area contributed by atoms with Crippen molar-refractivity contribution in [2.75, 3.05) is 5.32 Å². The van der Waals surface area contributed by atoms with Crippen molar-refractivity contribution >= 4 is 5.69 Å². The Kier molecular flexibility index (Phi) is 4.23. The normalized spacial score (nSPS) is 17.6. The second-order valence-electron chi connectivity index (χ2n) is 6.05. The molecule has 1 atom stereocenters. The van der Waals surface area contributed by atoms with Crippen LogP contribution in [0.4, 0.5) is 5.69 Å². The SMILES string of the molecule is Cc1nccn1-c1ncccc1NC(C)C1CCCCC1. The molecular weight excluding hydrogens is 260 g/mol. The van der Waals surface area contributed by atoms with Crippen LogP contribution in [0.2, 0.25) is 0 Å². The number of aromatic nitrogens is 3. The van der Waals surface area contributed by atoms with Crippen LogP contribution in [0.15, 0.2) is 30.7 Å². The van der Waals surface area contributed by atoms with E-state index in [2.05, 4.69) is 28.3 Å². The Hall–Kier alpha value is -1.84. The number of hydrogen-bond acceptors (Lipinski definition) is 3. The molecule has 0 aromatic carbocycles. The molecule has 1 saturated carbocycles. The summed E-state index contributed by atoms with van der Waals surface area (Å²) in [5, 5.41) is 3.68. The van der Waals surface area contributed by atoms with Crippen LogP contribution < -0.4 is 5.32 Å². The molecule has 2 heterocycles. The lowest BCUT2D eigenvalue weighted by atomic mass is 9.84. The third-order valence-electron chi connectivity index (χ3n) is 4.58. The van der Waals surface area contributed by atoms with Gasteiger partial charge in [0.15, 0.2) is 5.82 Å². The summed E-state index contributed by atoms with van der Waals surface area (Å²) in [5.74, 6) is 2.67. The van der Waals surface area contributed by atoms with Crippen molar-refractivity contribution in [1.29, 1.82) is 0 Å². The van der Waals surface area contributed by atoms with Crippen LogP contribution in [0, 0.1) is 12.8 Å². The van der Waals surface area contributed by atoms with E-state index in [1.807, 2.05) is 36.1 Å². The van der Waals surface area contributed by atoms with Gasteiger partial charge in [-0.25, -0.2) is 9.97 Å². The van der Waals surface area contributed by atoms with E-state index in [4.69, 9.17) is 0 Å². The third-order valence-corrected chi connectivity index (χ3v) is 4.58. The van der Waals surface area contributed by atoms with Gasteiger partial charge in [-0.05, 0) is 44.7 Å². The number of hydrogen-bond donors (Lipinski definition) is 1. The van der Waals surface area contributed by atoms with Gasteiger partial charge in [-0.1, -0.05) is 19.3 Å². The van der Waals surface area contributed by atoms with E-state index in [-0.39, 0.29) is 0 Å². The van der Waals surface area contributed by atoms with Crippen molar-refractivity contribution in [2.45, 2.75) is 52.0 Å². The van der Waals surface area contributed by atoms with Crippen molar-refractivity contribution in [3.05, 3.63) is 36.5 Å². The van der Waals surface area contributed by atoms with Crippen molar-refractivity contribution in [1.82, 2.24) is 14.5 Å². The second kappa shape index (κ2) is 6.29. The third kappa shape index (κ3) is 3.09. The first-order valence-electron chi connectivity index (χ1n) is 7.97. The monoisotopic (exact) mass is 284 g/mol. The molecule has 0 saturated heterocycles. The molecule has 1 unspecified atom stereocenters. The van der Waals surface area contributed by atoms with Crippen molar-refractivity contribution in [2.24, 2.45) is 5.92 Å². The smallest absolute Gasteiger partial charge is 0.161 e. The second-order valence-corrected chi connectivity index (χ2v) is 6.05. The first kappa shape index (κ1) is 14.1. The quantitative estimate of drug-likeness (QED) is 0.924. The summed E-state index contributed by atoms with van der Waals surface area (Å²) in [6.07, 6.45) is 12.4. The first-order valence-corrected chi connectivity index (χ1v) is 7.97. The number of pyridine rings is 1. The number of rotatable bonds is 4. The minimum absolute atomic E-state index is 0.483. The van der Waals surface area contributed by atoms with E-state index in [0.717, 1.165) is 23.2 Å². The van der Waals surface area contributed by atoms with Gasteiger partial charge in [0.25, 0.3) is 0 Å². The van der Waals surface area contributed by atoms with Gasteiger partial charge in [0, 0.05) is 24.6 Å². The summed E-state index contributed by atoms with van der Waals surface area (Å²) in [6.45, 7) is 4.30. The Morgan fingerprint density at radius 1 is 1.19 bits per heavy atom. The largest absolute Gasteiger partial charge is 0.379 e.